The molecule has 112 valence electrons. The van der Waals surface area contributed by atoms with E-state index in [1.165, 1.54) is 44.6 Å². The predicted octanol–water partition coefficient (Wildman–Crippen LogP) is 2.66. The lowest BCUT2D eigenvalue weighted by Gasteiger charge is -2.23. The number of nitrogens with zero attached hydrogens (tertiary/aromatic N) is 2. The van der Waals surface area contributed by atoms with Crippen LogP contribution in [0.2, 0.25) is 0 Å². The SMILES string of the molecule is CCN(CCc1ccc(OC)cc1)CCN1CCCC1. The van der Waals surface area contributed by atoms with Crippen molar-refractivity contribution in [1.29, 1.82) is 0 Å². The molecule has 1 aliphatic rings. The lowest BCUT2D eigenvalue weighted by atomic mass is 10.1. The Hall–Kier alpha value is -1.06. The fourth-order valence-electron chi connectivity index (χ4n) is 2.80. The van der Waals surface area contributed by atoms with Crippen molar-refractivity contribution in [3.05, 3.63) is 29.8 Å². The van der Waals surface area contributed by atoms with Crippen LogP contribution < -0.4 is 4.74 Å². The van der Waals surface area contributed by atoms with E-state index in [0.29, 0.717) is 0 Å². The molecular formula is C17H28N2O. The van der Waals surface area contributed by atoms with Gasteiger partial charge in [-0.05, 0) is 56.6 Å². The molecule has 0 N–H and O–H groups in total. The monoisotopic (exact) mass is 276 g/mol. The molecule has 0 saturated carbocycles. The Morgan fingerprint density at radius 1 is 1.10 bits per heavy atom. The molecule has 1 aromatic carbocycles. The number of rotatable bonds is 8. The summed E-state index contributed by atoms with van der Waals surface area (Å²) >= 11 is 0. The summed E-state index contributed by atoms with van der Waals surface area (Å²) in [7, 11) is 1.71. The van der Waals surface area contributed by atoms with Gasteiger partial charge < -0.3 is 14.5 Å². The molecule has 0 amide bonds. The Morgan fingerprint density at radius 2 is 1.80 bits per heavy atom. The summed E-state index contributed by atoms with van der Waals surface area (Å²) in [6.45, 7) is 9.59. The Labute approximate surface area is 123 Å². The number of hydrogen-bond donors (Lipinski definition) is 0. The molecule has 20 heavy (non-hydrogen) atoms. The number of likely N-dealkylation sites (tertiary alicyclic amines) is 1. The maximum atomic E-state index is 5.20. The van der Waals surface area contributed by atoms with Crippen LogP contribution in [-0.2, 0) is 6.42 Å². The zero-order valence-electron chi connectivity index (χ0n) is 13.0. The lowest BCUT2D eigenvalue weighted by Crippen LogP contribution is -2.34. The molecule has 1 aromatic rings. The summed E-state index contributed by atoms with van der Waals surface area (Å²) in [5.74, 6) is 0.940. The van der Waals surface area contributed by atoms with E-state index in [1.54, 1.807) is 7.11 Å². The highest BCUT2D eigenvalue weighted by molar-refractivity contribution is 5.27. The first-order chi connectivity index (χ1) is 9.81. The highest BCUT2D eigenvalue weighted by Crippen LogP contribution is 2.12. The van der Waals surface area contributed by atoms with Crippen molar-refractivity contribution in [1.82, 2.24) is 9.80 Å². The van der Waals surface area contributed by atoms with Crippen molar-refractivity contribution in [2.45, 2.75) is 26.2 Å². The molecule has 3 nitrogen and oxygen atoms in total. The van der Waals surface area contributed by atoms with Gasteiger partial charge in [0.05, 0.1) is 7.11 Å². The fraction of sp³-hybridized carbons (Fsp3) is 0.647. The van der Waals surface area contributed by atoms with E-state index in [4.69, 9.17) is 4.74 Å². The Morgan fingerprint density at radius 3 is 2.40 bits per heavy atom. The number of hydrogen-bond acceptors (Lipinski definition) is 3. The van der Waals surface area contributed by atoms with Gasteiger partial charge in [0.15, 0.2) is 0 Å². The van der Waals surface area contributed by atoms with Gasteiger partial charge in [-0.15, -0.1) is 0 Å². The second-order valence-electron chi connectivity index (χ2n) is 5.58. The molecule has 0 atom stereocenters. The normalized spacial score (nSPS) is 15.9. The van der Waals surface area contributed by atoms with Crippen LogP contribution in [0.25, 0.3) is 0 Å². The lowest BCUT2D eigenvalue weighted by molar-refractivity contribution is 0.235. The summed E-state index contributed by atoms with van der Waals surface area (Å²) in [6, 6.07) is 8.45. The van der Waals surface area contributed by atoms with E-state index < -0.39 is 0 Å². The maximum absolute atomic E-state index is 5.20. The van der Waals surface area contributed by atoms with Crippen LogP contribution in [-0.4, -0.2) is 56.2 Å². The van der Waals surface area contributed by atoms with E-state index in [1.807, 2.05) is 0 Å². The smallest absolute Gasteiger partial charge is 0.118 e. The maximum Gasteiger partial charge on any atom is 0.118 e. The first-order valence-corrected chi connectivity index (χ1v) is 7.89. The van der Waals surface area contributed by atoms with E-state index >= 15 is 0 Å². The van der Waals surface area contributed by atoms with Crippen molar-refractivity contribution in [3.63, 3.8) is 0 Å². The summed E-state index contributed by atoms with van der Waals surface area (Å²) in [5.41, 5.74) is 1.39. The van der Waals surface area contributed by atoms with Crippen LogP contribution >= 0.6 is 0 Å². The van der Waals surface area contributed by atoms with E-state index in [0.717, 1.165) is 25.3 Å². The fourth-order valence-corrected chi connectivity index (χ4v) is 2.80. The number of benzene rings is 1. The van der Waals surface area contributed by atoms with Gasteiger partial charge in [0.2, 0.25) is 0 Å². The molecule has 2 rings (SSSR count). The van der Waals surface area contributed by atoms with Gasteiger partial charge >= 0.3 is 0 Å². The minimum atomic E-state index is 0.940. The quantitative estimate of drug-likeness (QED) is 0.726. The summed E-state index contributed by atoms with van der Waals surface area (Å²) in [5, 5.41) is 0. The van der Waals surface area contributed by atoms with E-state index in [-0.39, 0.29) is 0 Å². The molecule has 0 unspecified atom stereocenters. The third-order valence-electron chi connectivity index (χ3n) is 4.25. The van der Waals surface area contributed by atoms with Crippen molar-refractivity contribution in [2.75, 3.05) is 46.4 Å². The first kappa shape index (κ1) is 15.3. The first-order valence-electron chi connectivity index (χ1n) is 7.89. The minimum absolute atomic E-state index is 0.940. The van der Waals surface area contributed by atoms with Crippen molar-refractivity contribution >= 4 is 0 Å². The number of methoxy groups -OCH3 is 1. The number of ether oxygens (including phenoxy) is 1. The molecule has 1 fully saturated rings. The molecule has 0 aromatic heterocycles. The van der Waals surface area contributed by atoms with Crippen molar-refractivity contribution < 1.29 is 4.74 Å². The van der Waals surface area contributed by atoms with Gasteiger partial charge in [-0.1, -0.05) is 19.1 Å². The van der Waals surface area contributed by atoms with Gasteiger partial charge in [-0.25, -0.2) is 0 Å². The predicted molar refractivity (Wildman–Crippen MR) is 84.5 cm³/mol. The molecule has 1 heterocycles. The van der Waals surface area contributed by atoms with Gasteiger partial charge in [-0.2, -0.15) is 0 Å². The standard InChI is InChI=1S/C17H28N2O/c1-3-18(14-15-19-11-4-5-12-19)13-10-16-6-8-17(20-2)9-7-16/h6-9H,3-5,10-15H2,1-2H3. The summed E-state index contributed by atoms with van der Waals surface area (Å²) < 4.78 is 5.20. The zero-order chi connectivity index (χ0) is 14.2. The van der Waals surface area contributed by atoms with Crippen LogP contribution in [0.15, 0.2) is 24.3 Å². The van der Waals surface area contributed by atoms with Crippen LogP contribution in [0.5, 0.6) is 5.75 Å². The number of likely N-dealkylation sites (N-methyl/N-ethyl adjacent to an activating group) is 1. The molecule has 0 aliphatic carbocycles. The molecular weight excluding hydrogens is 248 g/mol. The second kappa shape index (κ2) is 8.28. The van der Waals surface area contributed by atoms with Crippen LogP contribution in [0.4, 0.5) is 0 Å². The van der Waals surface area contributed by atoms with Crippen molar-refractivity contribution in [3.8, 4) is 5.75 Å². The zero-order valence-corrected chi connectivity index (χ0v) is 13.0. The Kier molecular flexibility index (Phi) is 6.34. The van der Waals surface area contributed by atoms with E-state index in [2.05, 4.69) is 41.0 Å². The Bertz CT molecular complexity index is 371. The van der Waals surface area contributed by atoms with Crippen molar-refractivity contribution in [2.24, 2.45) is 0 Å². The summed E-state index contributed by atoms with van der Waals surface area (Å²) in [4.78, 5) is 5.15. The van der Waals surface area contributed by atoms with Crippen LogP contribution in [0.3, 0.4) is 0 Å². The van der Waals surface area contributed by atoms with Crippen LogP contribution in [0, 0.1) is 0 Å². The minimum Gasteiger partial charge on any atom is -0.497 e. The van der Waals surface area contributed by atoms with Gasteiger partial charge in [-0.3, -0.25) is 0 Å². The average Bonchev–Trinajstić information content (AvgIpc) is 3.01. The molecule has 0 spiro atoms. The molecule has 1 saturated heterocycles. The highest BCUT2D eigenvalue weighted by Gasteiger charge is 2.12. The second-order valence-corrected chi connectivity index (χ2v) is 5.58. The van der Waals surface area contributed by atoms with E-state index in [9.17, 15) is 0 Å². The Balaban J connectivity index is 1.71. The van der Waals surface area contributed by atoms with Crippen LogP contribution in [0.1, 0.15) is 25.3 Å². The van der Waals surface area contributed by atoms with Gasteiger partial charge in [0.1, 0.15) is 5.75 Å². The molecule has 1 aliphatic heterocycles. The topological polar surface area (TPSA) is 15.7 Å². The third kappa shape index (κ3) is 4.80. The summed E-state index contributed by atoms with van der Waals surface area (Å²) in [6.07, 6.45) is 3.90. The average molecular weight is 276 g/mol. The third-order valence-corrected chi connectivity index (χ3v) is 4.25. The largest absolute Gasteiger partial charge is 0.497 e. The van der Waals surface area contributed by atoms with Gasteiger partial charge in [0, 0.05) is 19.6 Å². The highest BCUT2D eigenvalue weighted by atomic mass is 16.5. The molecule has 0 bridgehead atoms. The van der Waals surface area contributed by atoms with Gasteiger partial charge in [0.25, 0.3) is 0 Å². The molecule has 3 heteroatoms. The molecule has 0 radical (unpaired) electrons.